The lowest BCUT2D eigenvalue weighted by molar-refractivity contribution is 0.583. The highest BCUT2D eigenvalue weighted by Gasteiger charge is 2.37. The number of rotatable bonds is 5. The molecule has 7 nitrogen and oxygen atoms in total. The molecule has 1 aromatic carbocycles. The number of pyridine rings is 2. The molecule has 0 N–H and O–H groups in total. The van der Waals surface area contributed by atoms with Crippen LogP contribution in [0.2, 0.25) is 0 Å². The molecule has 0 atom stereocenters. The quantitative estimate of drug-likeness (QED) is 0.659. The normalized spacial score (nSPS) is 11.9. The number of anilines is 1. The Hall–Kier alpha value is -2.85. The Kier molecular flexibility index (Phi) is 4.70. The maximum absolute atomic E-state index is 13.3. The van der Waals surface area contributed by atoms with Crippen molar-refractivity contribution in [3.8, 4) is 0 Å². The van der Waals surface area contributed by atoms with Crippen molar-refractivity contribution in [3.05, 3.63) is 79.1 Å². The van der Waals surface area contributed by atoms with Gasteiger partial charge in [-0.15, -0.1) is 0 Å². The maximum atomic E-state index is 13.3. The van der Waals surface area contributed by atoms with E-state index < -0.39 is 25.9 Å². The van der Waals surface area contributed by atoms with E-state index in [2.05, 4.69) is 9.97 Å². The second kappa shape index (κ2) is 6.81. The zero-order valence-corrected chi connectivity index (χ0v) is 14.7. The Morgan fingerprint density at radius 1 is 0.731 bits per heavy atom. The zero-order valence-electron chi connectivity index (χ0n) is 13.1. The first kappa shape index (κ1) is 18.0. The third-order valence-corrected chi connectivity index (χ3v) is 7.49. The molecule has 26 heavy (non-hydrogen) atoms. The molecule has 0 amide bonds. The fourth-order valence-corrected chi connectivity index (χ4v) is 5.78. The molecule has 0 saturated carbocycles. The highest BCUT2D eigenvalue weighted by atomic mass is 32.3. The van der Waals surface area contributed by atoms with E-state index >= 15 is 0 Å². The van der Waals surface area contributed by atoms with Gasteiger partial charge in [-0.1, -0.05) is 0 Å². The molecule has 0 bridgehead atoms. The molecule has 0 aliphatic rings. The van der Waals surface area contributed by atoms with E-state index in [0.29, 0.717) is 0 Å². The summed E-state index contributed by atoms with van der Waals surface area (Å²) in [5.41, 5.74) is -0.237. The van der Waals surface area contributed by atoms with Gasteiger partial charge in [0.1, 0.15) is 15.6 Å². The minimum atomic E-state index is -4.54. The Bertz CT molecular complexity index is 1040. The van der Waals surface area contributed by atoms with E-state index in [-0.39, 0.29) is 19.2 Å². The molecule has 3 aromatic rings. The first-order valence-electron chi connectivity index (χ1n) is 7.19. The van der Waals surface area contributed by atoms with Gasteiger partial charge >= 0.3 is 0 Å². The Morgan fingerprint density at radius 2 is 1.19 bits per heavy atom. The van der Waals surface area contributed by atoms with Gasteiger partial charge in [-0.25, -0.2) is 4.39 Å². The molecule has 3 rings (SSSR count). The number of halogens is 1. The highest BCUT2D eigenvalue weighted by Crippen LogP contribution is 2.30. The van der Waals surface area contributed by atoms with Crippen molar-refractivity contribution in [1.29, 1.82) is 0 Å². The Morgan fingerprint density at radius 3 is 1.58 bits per heavy atom. The Labute approximate surface area is 149 Å². The number of benzene rings is 1. The third kappa shape index (κ3) is 3.28. The second-order valence-electron chi connectivity index (χ2n) is 5.06. The van der Waals surface area contributed by atoms with Gasteiger partial charge in [0.2, 0.25) is 0 Å². The van der Waals surface area contributed by atoms with Crippen LogP contribution in [0.4, 0.5) is 10.1 Å². The summed E-state index contributed by atoms with van der Waals surface area (Å²) in [4.78, 5) is 6.80. The lowest BCUT2D eigenvalue weighted by Gasteiger charge is -2.23. The third-order valence-electron chi connectivity index (χ3n) is 3.34. The summed E-state index contributed by atoms with van der Waals surface area (Å²) >= 11 is 0. The van der Waals surface area contributed by atoms with Crippen molar-refractivity contribution in [2.24, 2.45) is 0 Å². The number of sulfonamides is 2. The molecular weight excluding hydrogens is 381 g/mol. The Balaban J connectivity index is 2.26. The van der Waals surface area contributed by atoms with Crippen molar-refractivity contribution in [2.75, 3.05) is 3.71 Å². The number of hydrogen-bond acceptors (Lipinski definition) is 6. The summed E-state index contributed by atoms with van der Waals surface area (Å²) in [5.74, 6) is -0.633. The molecule has 2 aromatic heterocycles. The van der Waals surface area contributed by atoms with E-state index in [0.717, 1.165) is 36.7 Å². The summed E-state index contributed by atoms with van der Waals surface area (Å²) in [5, 5.41) is 0. The average molecular weight is 393 g/mol. The van der Waals surface area contributed by atoms with Crippen LogP contribution in [0.3, 0.4) is 0 Å². The summed E-state index contributed by atoms with van der Waals surface area (Å²) in [6, 6.07) is 9.25. The zero-order chi connectivity index (χ0) is 18.8. The van der Waals surface area contributed by atoms with Crippen LogP contribution in [0.1, 0.15) is 0 Å². The number of aromatic nitrogens is 2. The highest BCUT2D eigenvalue weighted by molar-refractivity contribution is 8.10. The molecule has 0 radical (unpaired) electrons. The monoisotopic (exact) mass is 393 g/mol. The molecule has 0 aliphatic carbocycles. The first-order valence-corrected chi connectivity index (χ1v) is 10.1. The van der Waals surface area contributed by atoms with Gasteiger partial charge in [0, 0.05) is 24.8 Å². The maximum Gasteiger partial charge on any atom is 0.279 e. The van der Waals surface area contributed by atoms with E-state index in [1.807, 2.05) is 0 Å². The van der Waals surface area contributed by atoms with Crippen LogP contribution in [0.15, 0.2) is 83.1 Å². The van der Waals surface area contributed by atoms with Crippen LogP contribution in [0.25, 0.3) is 0 Å². The van der Waals surface area contributed by atoms with E-state index in [1.165, 1.54) is 36.7 Å². The number of hydrogen-bond donors (Lipinski definition) is 0. The summed E-state index contributed by atoms with van der Waals surface area (Å²) in [6.45, 7) is 0. The smallest absolute Gasteiger partial charge is 0.263 e. The van der Waals surface area contributed by atoms with Crippen LogP contribution in [-0.4, -0.2) is 26.8 Å². The van der Waals surface area contributed by atoms with Gasteiger partial charge in [0.15, 0.2) is 0 Å². The van der Waals surface area contributed by atoms with Gasteiger partial charge in [-0.05, 0) is 48.5 Å². The molecule has 2 heterocycles. The van der Waals surface area contributed by atoms with Crippen molar-refractivity contribution in [1.82, 2.24) is 9.97 Å². The standard InChI is InChI=1S/C16H12FN3O4S2/c17-13-5-7-14(8-6-13)20(25(21,22)15-3-1-9-18-11-15)26(23,24)16-4-2-10-19-12-16/h1-12H. The van der Waals surface area contributed by atoms with Gasteiger partial charge in [0.25, 0.3) is 20.0 Å². The molecule has 134 valence electrons. The fourth-order valence-electron chi connectivity index (χ4n) is 2.16. The molecule has 0 spiro atoms. The predicted molar refractivity (Wildman–Crippen MR) is 91.7 cm³/mol. The van der Waals surface area contributed by atoms with Crippen molar-refractivity contribution in [2.45, 2.75) is 9.79 Å². The van der Waals surface area contributed by atoms with Crippen LogP contribution in [0.5, 0.6) is 0 Å². The van der Waals surface area contributed by atoms with Gasteiger partial charge in [-0.2, -0.15) is 20.5 Å². The SMILES string of the molecule is O=S(=O)(c1cccnc1)N(c1ccc(F)cc1)S(=O)(=O)c1cccnc1. The van der Waals surface area contributed by atoms with E-state index in [9.17, 15) is 21.2 Å². The molecule has 0 saturated heterocycles. The molecule has 0 unspecified atom stereocenters. The minimum absolute atomic E-state index is 0.237. The van der Waals surface area contributed by atoms with E-state index in [1.54, 1.807) is 0 Å². The van der Waals surface area contributed by atoms with E-state index in [4.69, 9.17) is 0 Å². The van der Waals surface area contributed by atoms with Crippen LogP contribution in [-0.2, 0) is 20.0 Å². The van der Waals surface area contributed by atoms with Crippen LogP contribution >= 0.6 is 0 Å². The second-order valence-corrected chi connectivity index (χ2v) is 8.87. The molecule has 0 fully saturated rings. The van der Waals surface area contributed by atoms with Crippen molar-refractivity contribution < 1.29 is 21.2 Å². The number of nitrogens with zero attached hydrogens (tertiary/aromatic N) is 3. The average Bonchev–Trinajstić information content (AvgIpc) is 2.65. The van der Waals surface area contributed by atoms with Gasteiger partial charge < -0.3 is 0 Å². The lowest BCUT2D eigenvalue weighted by Crippen LogP contribution is -2.37. The fraction of sp³-hybridized carbons (Fsp3) is 0. The van der Waals surface area contributed by atoms with Crippen LogP contribution in [0, 0.1) is 5.82 Å². The lowest BCUT2D eigenvalue weighted by atomic mass is 10.3. The predicted octanol–water partition coefficient (Wildman–Crippen LogP) is 2.20. The van der Waals surface area contributed by atoms with Crippen molar-refractivity contribution in [3.63, 3.8) is 0 Å². The van der Waals surface area contributed by atoms with Gasteiger partial charge in [-0.3, -0.25) is 9.97 Å². The van der Waals surface area contributed by atoms with Crippen LogP contribution < -0.4 is 3.71 Å². The topological polar surface area (TPSA) is 97.3 Å². The van der Waals surface area contributed by atoms with Crippen molar-refractivity contribution >= 4 is 25.7 Å². The molecule has 10 heteroatoms. The summed E-state index contributed by atoms with van der Waals surface area (Å²) < 4.78 is 65.6. The largest absolute Gasteiger partial charge is 0.279 e. The summed E-state index contributed by atoms with van der Waals surface area (Å²) in [7, 11) is -9.08. The minimum Gasteiger partial charge on any atom is -0.263 e. The molecular formula is C16H12FN3O4S2. The summed E-state index contributed by atoms with van der Waals surface area (Å²) in [6.07, 6.45) is 4.78. The first-order chi connectivity index (χ1) is 12.3. The molecule has 0 aliphatic heterocycles. The van der Waals surface area contributed by atoms with Gasteiger partial charge in [0.05, 0.1) is 5.69 Å².